The maximum Gasteiger partial charge on any atom is 0.338 e. The van der Waals surface area contributed by atoms with E-state index >= 15 is 0 Å². The molecule has 0 saturated carbocycles. The zero-order valence-electron chi connectivity index (χ0n) is 12.8. The van der Waals surface area contributed by atoms with Gasteiger partial charge in [-0.1, -0.05) is 12.1 Å². The molecule has 1 rings (SSSR count). The predicted molar refractivity (Wildman–Crippen MR) is 82.0 cm³/mol. The highest BCUT2D eigenvalue weighted by Crippen LogP contribution is 2.47. The van der Waals surface area contributed by atoms with E-state index in [9.17, 15) is 9.36 Å². The molecule has 0 heterocycles. The summed E-state index contributed by atoms with van der Waals surface area (Å²) < 4.78 is 27.6. The summed E-state index contributed by atoms with van der Waals surface area (Å²) >= 11 is 0. The number of hydrogen-bond acceptors (Lipinski definition) is 5. The van der Waals surface area contributed by atoms with Crippen LogP contribution in [0.3, 0.4) is 0 Å². The van der Waals surface area contributed by atoms with Crippen LogP contribution < -0.4 is 4.74 Å². The molecule has 0 bridgehead atoms. The quantitative estimate of drug-likeness (QED) is 0.619. The Bertz CT molecular complexity index is 473. The first-order valence-electron chi connectivity index (χ1n) is 7.05. The Labute approximate surface area is 126 Å². The average Bonchev–Trinajstić information content (AvgIpc) is 2.46. The van der Waals surface area contributed by atoms with Crippen LogP contribution in [-0.2, 0) is 24.8 Å². The number of aryl methyl sites for hydroxylation is 1. The minimum absolute atomic E-state index is 0.115. The zero-order valence-corrected chi connectivity index (χ0v) is 13.7. The van der Waals surface area contributed by atoms with Gasteiger partial charge in [0, 0.05) is 6.42 Å². The van der Waals surface area contributed by atoms with Crippen LogP contribution in [0.15, 0.2) is 24.3 Å². The maximum absolute atomic E-state index is 12.2. The third-order valence-corrected chi connectivity index (χ3v) is 4.92. The van der Waals surface area contributed by atoms with Gasteiger partial charge in [0.15, 0.2) is 0 Å². The van der Waals surface area contributed by atoms with E-state index in [-0.39, 0.29) is 25.2 Å². The summed E-state index contributed by atoms with van der Waals surface area (Å²) in [6.45, 7) is 3.99. The zero-order chi connectivity index (χ0) is 15.7. The third kappa shape index (κ3) is 6.42. The van der Waals surface area contributed by atoms with Crippen molar-refractivity contribution in [1.82, 2.24) is 0 Å². The van der Waals surface area contributed by atoms with Gasteiger partial charge in [0.1, 0.15) is 17.7 Å². The SMILES string of the molecule is CCOP(=O)(CC(=O)CCc1ccc(OC)cc1)OCC. The molecule has 0 aromatic heterocycles. The molecular weight excluding hydrogens is 291 g/mol. The molecule has 6 heteroatoms. The topological polar surface area (TPSA) is 61.8 Å². The van der Waals surface area contributed by atoms with Crippen LogP contribution in [0, 0.1) is 0 Å². The van der Waals surface area contributed by atoms with Gasteiger partial charge in [-0.2, -0.15) is 0 Å². The third-order valence-electron chi connectivity index (χ3n) is 2.87. The lowest BCUT2D eigenvalue weighted by atomic mass is 10.1. The Morgan fingerprint density at radius 1 is 1.10 bits per heavy atom. The maximum atomic E-state index is 12.2. The molecule has 118 valence electrons. The molecule has 0 fully saturated rings. The number of methoxy groups -OCH3 is 1. The summed E-state index contributed by atoms with van der Waals surface area (Å²) in [5.41, 5.74) is 1.03. The minimum atomic E-state index is -3.28. The van der Waals surface area contributed by atoms with Crippen LogP contribution in [0.2, 0.25) is 0 Å². The largest absolute Gasteiger partial charge is 0.497 e. The fraction of sp³-hybridized carbons (Fsp3) is 0.533. The van der Waals surface area contributed by atoms with Crippen LogP contribution in [0.5, 0.6) is 5.75 Å². The molecule has 21 heavy (non-hydrogen) atoms. The Hall–Kier alpha value is -1.16. The summed E-state index contributed by atoms with van der Waals surface area (Å²) in [6, 6.07) is 7.53. The van der Waals surface area contributed by atoms with E-state index in [1.54, 1.807) is 21.0 Å². The van der Waals surface area contributed by atoms with E-state index in [4.69, 9.17) is 13.8 Å². The van der Waals surface area contributed by atoms with Crippen molar-refractivity contribution < 1.29 is 23.1 Å². The van der Waals surface area contributed by atoms with Crippen LogP contribution in [-0.4, -0.2) is 32.3 Å². The van der Waals surface area contributed by atoms with Gasteiger partial charge in [0.25, 0.3) is 0 Å². The molecule has 0 amide bonds. The van der Waals surface area contributed by atoms with E-state index in [1.807, 2.05) is 24.3 Å². The summed E-state index contributed by atoms with van der Waals surface area (Å²) in [7, 11) is -1.67. The minimum Gasteiger partial charge on any atom is -0.497 e. The predicted octanol–water partition coefficient (Wildman–Crippen LogP) is 3.46. The van der Waals surface area contributed by atoms with Crippen molar-refractivity contribution in [2.45, 2.75) is 26.7 Å². The molecular formula is C15H23O5P. The summed E-state index contributed by atoms with van der Waals surface area (Å²) in [5.74, 6) is 0.665. The van der Waals surface area contributed by atoms with Crippen molar-refractivity contribution in [1.29, 1.82) is 0 Å². The van der Waals surface area contributed by atoms with Crippen LogP contribution in [0.1, 0.15) is 25.8 Å². The molecule has 0 aliphatic carbocycles. The number of ether oxygens (including phenoxy) is 1. The highest BCUT2D eigenvalue weighted by atomic mass is 31.2. The molecule has 0 spiro atoms. The lowest BCUT2D eigenvalue weighted by Gasteiger charge is -2.16. The normalized spacial score (nSPS) is 11.4. The molecule has 5 nitrogen and oxygen atoms in total. The Kier molecular flexibility index (Phi) is 7.65. The second-order valence-electron chi connectivity index (χ2n) is 4.49. The molecule has 0 unspecified atom stereocenters. The fourth-order valence-corrected chi connectivity index (χ4v) is 3.53. The number of Topliss-reactive ketones (excluding diaryl/α,β-unsaturated/α-hetero) is 1. The summed E-state index contributed by atoms with van der Waals surface area (Å²) in [6.07, 6.45) is 0.752. The number of benzene rings is 1. The molecule has 0 aliphatic rings. The van der Waals surface area contributed by atoms with Gasteiger partial charge in [-0.05, 0) is 38.0 Å². The molecule has 0 saturated heterocycles. The van der Waals surface area contributed by atoms with Gasteiger partial charge >= 0.3 is 7.60 Å². The second kappa shape index (κ2) is 8.98. The Morgan fingerprint density at radius 2 is 1.67 bits per heavy atom. The number of ketones is 1. The highest BCUT2D eigenvalue weighted by molar-refractivity contribution is 7.54. The van der Waals surface area contributed by atoms with Crippen molar-refractivity contribution in [3.63, 3.8) is 0 Å². The van der Waals surface area contributed by atoms with Gasteiger partial charge in [-0.25, -0.2) is 0 Å². The molecule has 0 atom stereocenters. The molecule has 0 radical (unpaired) electrons. The molecule has 0 N–H and O–H groups in total. The van der Waals surface area contributed by atoms with E-state index in [1.165, 1.54) is 0 Å². The van der Waals surface area contributed by atoms with Crippen molar-refractivity contribution in [3.8, 4) is 5.75 Å². The van der Waals surface area contributed by atoms with E-state index < -0.39 is 7.60 Å². The van der Waals surface area contributed by atoms with Crippen molar-refractivity contribution in [2.75, 3.05) is 26.5 Å². The summed E-state index contributed by atoms with van der Waals surface area (Å²) in [4.78, 5) is 11.9. The second-order valence-corrected chi connectivity index (χ2v) is 6.55. The van der Waals surface area contributed by atoms with E-state index in [2.05, 4.69) is 0 Å². The Morgan fingerprint density at radius 3 is 2.14 bits per heavy atom. The van der Waals surface area contributed by atoms with Gasteiger partial charge in [-0.15, -0.1) is 0 Å². The number of hydrogen-bond donors (Lipinski definition) is 0. The van der Waals surface area contributed by atoms with Gasteiger partial charge < -0.3 is 13.8 Å². The van der Waals surface area contributed by atoms with Crippen LogP contribution in [0.25, 0.3) is 0 Å². The first-order chi connectivity index (χ1) is 10.0. The lowest BCUT2D eigenvalue weighted by molar-refractivity contribution is -0.116. The monoisotopic (exact) mass is 314 g/mol. The van der Waals surface area contributed by atoms with E-state index in [0.29, 0.717) is 12.8 Å². The number of carbonyl (C=O) groups is 1. The molecule has 0 aliphatic heterocycles. The molecule has 1 aromatic carbocycles. The lowest BCUT2D eigenvalue weighted by Crippen LogP contribution is -2.10. The highest BCUT2D eigenvalue weighted by Gasteiger charge is 2.27. The van der Waals surface area contributed by atoms with Gasteiger partial charge in [0.05, 0.1) is 20.3 Å². The molecule has 1 aromatic rings. The van der Waals surface area contributed by atoms with Crippen LogP contribution in [0.4, 0.5) is 0 Å². The van der Waals surface area contributed by atoms with Gasteiger partial charge in [-0.3, -0.25) is 9.36 Å². The standard InChI is InChI=1S/C15H23O5P/c1-4-19-21(17,20-5-2)12-14(16)9-6-13-7-10-15(18-3)11-8-13/h7-8,10-11H,4-6,9,12H2,1-3H3. The summed E-state index contributed by atoms with van der Waals surface area (Å²) in [5, 5.41) is 0. The van der Waals surface area contributed by atoms with Crippen molar-refractivity contribution >= 4 is 13.4 Å². The average molecular weight is 314 g/mol. The van der Waals surface area contributed by atoms with Gasteiger partial charge in [0.2, 0.25) is 0 Å². The smallest absolute Gasteiger partial charge is 0.338 e. The fourth-order valence-electron chi connectivity index (χ4n) is 1.89. The van der Waals surface area contributed by atoms with E-state index in [0.717, 1.165) is 11.3 Å². The Balaban J connectivity index is 2.50. The van der Waals surface area contributed by atoms with Crippen molar-refractivity contribution in [2.24, 2.45) is 0 Å². The number of rotatable bonds is 10. The first-order valence-corrected chi connectivity index (χ1v) is 8.78. The first kappa shape index (κ1) is 17.9. The number of carbonyl (C=O) groups excluding carboxylic acids is 1. The van der Waals surface area contributed by atoms with Crippen LogP contribution >= 0.6 is 7.60 Å². The van der Waals surface area contributed by atoms with Crippen molar-refractivity contribution in [3.05, 3.63) is 29.8 Å².